The maximum Gasteiger partial charge on any atom is 0.414 e. The van der Waals surface area contributed by atoms with Crippen LogP contribution in [0.1, 0.15) is 49.5 Å². The molecule has 0 spiro atoms. The molecular formula is C26H28FN5O4. The maximum atomic E-state index is 14.5. The quantitative estimate of drug-likeness (QED) is 0.458. The van der Waals surface area contributed by atoms with Crippen molar-refractivity contribution in [1.29, 1.82) is 0 Å². The van der Waals surface area contributed by atoms with Gasteiger partial charge in [-0.15, -0.1) is 0 Å². The van der Waals surface area contributed by atoms with E-state index >= 15 is 0 Å². The summed E-state index contributed by atoms with van der Waals surface area (Å²) in [5.74, 6) is -0.706. The van der Waals surface area contributed by atoms with Crippen LogP contribution in [0.4, 0.5) is 14.9 Å². The van der Waals surface area contributed by atoms with Gasteiger partial charge < -0.3 is 10.1 Å². The molecule has 0 saturated carbocycles. The van der Waals surface area contributed by atoms with Crippen LogP contribution in [0.3, 0.4) is 0 Å². The number of hydrogen-bond donors (Lipinski definition) is 2. The van der Waals surface area contributed by atoms with Gasteiger partial charge >= 0.3 is 6.09 Å². The number of benzene rings is 2. The zero-order valence-corrected chi connectivity index (χ0v) is 20.4. The highest BCUT2D eigenvalue weighted by Gasteiger charge is 2.33. The number of nitrogens with one attached hydrogen (secondary N) is 2. The Morgan fingerprint density at radius 1 is 1.17 bits per heavy atom. The zero-order chi connectivity index (χ0) is 25.9. The molecule has 0 radical (unpaired) electrons. The maximum absolute atomic E-state index is 14.5. The molecule has 4 rings (SSSR count). The van der Waals surface area contributed by atoms with Gasteiger partial charge in [-0.05, 0) is 29.2 Å². The number of carbonyl (C=O) groups is 3. The summed E-state index contributed by atoms with van der Waals surface area (Å²) in [4.78, 5) is 42.2. The van der Waals surface area contributed by atoms with E-state index in [2.05, 4.69) is 41.3 Å². The Hall–Kier alpha value is -4.08. The number of H-pyrrole nitrogens is 1. The molecular weight excluding hydrogens is 465 g/mol. The highest BCUT2D eigenvalue weighted by atomic mass is 19.1. The predicted octanol–water partition coefficient (Wildman–Crippen LogP) is 4.01. The van der Waals surface area contributed by atoms with Crippen molar-refractivity contribution in [3.63, 3.8) is 0 Å². The predicted molar refractivity (Wildman–Crippen MR) is 131 cm³/mol. The van der Waals surface area contributed by atoms with Crippen molar-refractivity contribution < 1.29 is 23.5 Å². The van der Waals surface area contributed by atoms with Gasteiger partial charge in [-0.1, -0.05) is 45.0 Å². The number of amides is 2. The van der Waals surface area contributed by atoms with Gasteiger partial charge in [0.15, 0.2) is 11.6 Å². The molecule has 1 saturated heterocycles. The van der Waals surface area contributed by atoms with Gasteiger partial charge in [-0.3, -0.25) is 19.6 Å². The first-order valence-corrected chi connectivity index (χ1v) is 11.7. The SMILES string of the molecule is CC(C)(C)c1ccc(C(=O)CCC(=O)NC[C@H]2CN(c3ccc(-c4ncn[nH]4)c(F)c3)C(=O)O2)cc1. The molecule has 2 aromatic carbocycles. The average Bonchev–Trinajstić information content (AvgIpc) is 3.50. The second-order valence-electron chi connectivity index (χ2n) is 9.67. The molecule has 2 heterocycles. The van der Waals surface area contributed by atoms with E-state index in [-0.39, 0.29) is 54.4 Å². The fourth-order valence-electron chi connectivity index (χ4n) is 3.88. The Labute approximate surface area is 208 Å². The van der Waals surface area contributed by atoms with E-state index in [9.17, 15) is 18.8 Å². The Morgan fingerprint density at radius 3 is 2.56 bits per heavy atom. The Bertz CT molecular complexity index is 1250. The van der Waals surface area contributed by atoms with Crippen LogP contribution in [0, 0.1) is 5.82 Å². The minimum atomic E-state index is -0.630. The number of anilines is 1. The van der Waals surface area contributed by atoms with Crippen LogP contribution in [-0.2, 0) is 14.9 Å². The summed E-state index contributed by atoms with van der Waals surface area (Å²) < 4.78 is 19.8. The number of Topliss-reactive ketones (excluding diaryl/α,β-unsaturated/α-hetero) is 1. The number of aromatic nitrogens is 3. The standard InChI is InChI=1S/C26H28FN5O4/c1-26(2,3)17-6-4-16(5-7-17)22(33)10-11-23(34)28-13-19-14-32(25(35)36-19)18-8-9-20(21(27)12-18)24-29-15-30-31-24/h4-9,12,15,19H,10-11,13-14H2,1-3H3,(H,28,34)(H,29,30,31)/t19-/m0/s1. The first-order valence-electron chi connectivity index (χ1n) is 11.7. The van der Waals surface area contributed by atoms with E-state index in [1.807, 2.05) is 12.1 Å². The highest BCUT2D eigenvalue weighted by molar-refractivity contribution is 5.98. The first-order chi connectivity index (χ1) is 17.1. The van der Waals surface area contributed by atoms with E-state index in [0.29, 0.717) is 11.3 Å². The molecule has 1 aliphatic rings. The van der Waals surface area contributed by atoms with Crippen LogP contribution in [-0.4, -0.2) is 52.2 Å². The third-order valence-electron chi connectivity index (χ3n) is 5.99. The van der Waals surface area contributed by atoms with Gasteiger partial charge in [0, 0.05) is 18.4 Å². The van der Waals surface area contributed by atoms with Crippen molar-refractivity contribution >= 4 is 23.5 Å². The molecule has 1 fully saturated rings. The number of hydrogen-bond acceptors (Lipinski definition) is 6. The molecule has 2 amide bonds. The molecule has 10 heteroatoms. The van der Waals surface area contributed by atoms with Crippen molar-refractivity contribution in [2.75, 3.05) is 18.0 Å². The van der Waals surface area contributed by atoms with Gasteiger partial charge in [0.25, 0.3) is 0 Å². The largest absolute Gasteiger partial charge is 0.442 e. The Morgan fingerprint density at radius 2 is 1.92 bits per heavy atom. The zero-order valence-electron chi connectivity index (χ0n) is 20.4. The lowest BCUT2D eigenvalue weighted by Gasteiger charge is -2.19. The summed E-state index contributed by atoms with van der Waals surface area (Å²) in [6.07, 6.45) is 0.153. The normalized spacial score (nSPS) is 15.6. The van der Waals surface area contributed by atoms with Crippen molar-refractivity contribution in [1.82, 2.24) is 20.5 Å². The second-order valence-corrected chi connectivity index (χ2v) is 9.67. The summed E-state index contributed by atoms with van der Waals surface area (Å²) in [5.41, 5.74) is 2.25. The van der Waals surface area contributed by atoms with Gasteiger partial charge in [-0.25, -0.2) is 14.2 Å². The van der Waals surface area contributed by atoms with Crippen LogP contribution < -0.4 is 10.2 Å². The van der Waals surface area contributed by atoms with Crippen molar-refractivity contribution in [3.8, 4) is 11.4 Å². The minimum absolute atomic E-state index is 0.00396. The number of cyclic esters (lactones) is 1. The van der Waals surface area contributed by atoms with Crippen LogP contribution in [0.25, 0.3) is 11.4 Å². The van der Waals surface area contributed by atoms with Crippen LogP contribution in [0.15, 0.2) is 48.8 Å². The minimum Gasteiger partial charge on any atom is -0.442 e. The van der Waals surface area contributed by atoms with E-state index in [1.54, 1.807) is 18.2 Å². The molecule has 36 heavy (non-hydrogen) atoms. The Kier molecular flexibility index (Phi) is 7.14. The van der Waals surface area contributed by atoms with Crippen molar-refractivity contribution in [2.24, 2.45) is 0 Å². The number of rotatable bonds is 8. The molecule has 1 aromatic heterocycles. The molecule has 0 unspecified atom stereocenters. The van der Waals surface area contributed by atoms with Crippen molar-refractivity contribution in [3.05, 3.63) is 65.7 Å². The molecule has 9 nitrogen and oxygen atoms in total. The fourth-order valence-corrected chi connectivity index (χ4v) is 3.88. The summed E-state index contributed by atoms with van der Waals surface area (Å²) in [7, 11) is 0. The van der Waals surface area contributed by atoms with Gasteiger partial charge in [0.2, 0.25) is 5.91 Å². The van der Waals surface area contributed by atoms with E-state index in [1.165, 1.54) is 23.4 Å². The summed E-state index contributed by atoms with van der Waals surface area (Å²) in [6, 6.07) is 11.7. The lowest BCUT2D eigenvalue weighted by molar-refractivity contribution is -0.121. The summed E-state index contributed by atoms with van der Waals surface area (Å²) >= 11 is 0. The van der Waals surface area contributed by atoms with Crippen molar-refractivity contribution in [2.45, 2.75) is 45.1 Å². The number of halogens is 1. The average molecular weight is 494 g/mol. The first kappa shape index (κ1) is 25.0. The van der Waals surface area contributed by atoms with Crippen LogP contribution in [0.5, 0.6) is 0 Å². The number of ether oxygens (including phenoxy) is 1. The molecule has 188 valence electrons. The molecule has 2 N–H and O–H groups in total. The van der Waals surface area contributed by atoms with Crippen LogP contribution >= 0.6 is 0 Å². The fraction of sp³-hybridized carbons (Fsp3) is 0.346. The number of carbonyl (C=O) groups excluding carboxylic acids is 3. The number of ketones is 1. The molecule has 3 aromatic rings. The summed E-state index contributed by atoms with van der Waals surface area (Å²) in [6.45, 7) is 6.55. The molecule has 1 aliphatic heterocycles. The smallest absolute Gasteiger partial charge is 0.414 e. The van der Waals surface area contributed by atoms with E-state index < -0.39 is 18.0 Å². The lowest BCUT2D eigenvalue weighted by atomic mass is 9.86. The highest BCUT2D eigenvalue weighted by Crippen LogP contribution is 2.27. The monoisotopic (exact) mass is 493 g/mol. The molecule has 0 bridgehead atoms. The van der Waals surface area contributed by atoms with E-state index in [0.717, 1.165) is 5.56 Å². The molecule has 1 atom stereocenters. The Balaban J connectivity index is 1.25. The second kappa shape index (κ2) is 10.3. The van der Waals surface area contributed by atoms with Gasteiger partial charge in [0.05, 0.1) is 24.3 Å². The van der Waals surface area contributed by atoms with Crippen LogP contribution in [0.2, 0.25) is 0 Å². The topological polar surface area (TPSA) is 117 Å². The van der Waals surface area contributed by atoms with E-state index in [4.69, 9.17) is 4.74 Å². The number of aromatic amines is 1. The molecule has 0 aliphatic carbocycles. The third kappa shape index (κ3) is 5.76. The number of nitrogens with zero attached hydrogens (tertiary/aromatic N) is 3. The van der Waals surface area contributed by atoms with Gasteiger partial charge in [-0.2, -0.15) is 5.10 Å². The third-order valence-corrected chi connectivity index (χ3v) is 5.99. The lowest BCUT2D eigenvalue weighted by Crippen LogP contribution is -2.34. The van der Waals surface area contributed by atoms with Gasteiger partial charge in [0.1, 0.15) is 18.2 Å². The summed E-state index contributed by atoms with van der Waals surface area (Å²) in [5, 5.41) is 9.00.